The van der Waals surface area contributed by atoms with Crippen molar-refractivity contribution in [2.24, 2.45) is 0 Å². The average molecular weight is 291 g/mol. The number of alkyl halides is 3. The van der Waals surface area contributed by atoms with E-state index in [-0.39, 0.29) is 12.1 Å². The summed E-state index contributed by atoms with van der Waals surface area (Å²) in [5, 5.41) is 5.58. The first kappa shape index (κ1) is 15.9. The van der Waals surface area contributed by atoms with E-state index in [1.165, 1.54) is 0 Å². The van der Waals surface area contributed by atoms with Crippen molar-refractivity contribution >= 4 is 11.8 Å². The van der Waals surface area contributed by atoms with Gasteiger partial charge in [-0.05, 0) is 25.1 Å². The molecule has 2 amide bonds. The fourth-order valence-corrected chi connectivity index (χ4v) is 1.37. The molecular formula is C12H11F4N2O2. The molecule has 1 radical (unpaired) electrons. The Labute approximate surface area is 112 Å². The van der Waals surface area contributed by atoms with Crippen molar-refractivity contribution < 1.29 is 27.2 Å². The fraction of sp³-hybridized carbons (Fsp3) is 0.333. The smallest absolute Gasteiger partial charge is 0.343 e. The maximum atomic E-state index is 13.0. The van der Waals surface area contributed by atoms with E-state index < -0.39 is 35.9 Å². The van der Waals surface area contributed by atoms with Crippen molar-refractivity contribution in [3.05, 3.63) is 35.1 Å². The molecule has 0 bridgehead atoms. The topological polar surface area (TPSA) is 60.3 Å². The van der Waals surface area contributed by atoms with Gasteiger partial charge in [0.1, 0.15) is 5.82 Å². The highest BCUT2D eigenvalue weighted by Gasteiger charge is 2.34. The van der Waals surface area contributed by atoms with Crippen molar-refractivity contribution in [2.45, 2.75) is 13.1 Å². The summed E-state index contributed by atoms with van der Waals surface area (Å²) in [4.78, 5) is 22.6. The van der Waals surface area contributed by atoms with E-state index in [4.69, 9.17) is 0 Å². The number of likely N-dealkylation sites (N-methyl/N-ethyl adjacent to an activating group) is 1. The molecule has 0 aliphatic carbocycles. The molecule has 0 aliphatic heterocycles. The van der Waals surface area contributed by atoms with Gasteiger partial charge in [0.15, 0.2) is 0 Å². The molecule has 8 heteroatoms. The Morgan fingerprint density at radius 3 is 2.50 bits per heavy atom. The van der Waals surface area contributed by atoms with E-state index in [0.29, 0.717) is 12.1 Å². The SMILES string of the molecule is CC[N]C(=O)CNC(=O)c1ccc(F)c(C(F)(F)F)c1. The van der Waals surface area contributed by atoms with Gasteiger partial charge in [-0.1, -0.05) is 0 Å². The number of hydrogen-bond acceptors (Lipinski definition) is 2. The van der Waals surface area contributed by atoms with E-state index in [2.05, 4.69) is 10.6 Å². The lowest BCUT2D eigenvalue weighted by Gasteiger charge is -2.10. The summed E-state index contributed by atoms with van der Waals surface area (Å²) in [5.74, 6) is -2.97. The molecule has 0 atom stereocenters. The summed E-state index contributed by atoms with van der Waals surface area (Å²) in [6, 6.07) is 1.85. The van der Waals surface area contributed by atoms with E-state index in [9.17, 15) is 27.2 Å². The zero-order chi connectivity index (χ0) is 15.3. The second-order valence-electron chi connectivity index (χ2n) is 3.74. The lowest BCUT2D eigenvalue weighted by atomic mass is 10.1. The second-order valence-corrected chi connectivity index (χ2v) is 3.74. The minimum absolute atomic E-state index is 0.240. The van der Waals surface area contributed by atoms with Crippen LogP contribution in [0.2, 0.25) is 0 Å². The van der Waals surface area contributed by atoms with Crippen molar-refractivity contribution in [2.75, 3.05) is 13.1 Å². The Bertz CT molecular complexity index is 515. The molecule has 0 aliphatic rings. The summed E-state index contributed by atoms with van der Waals surface area (Å²) >= 11 is 0. The molecule has 1 aromatic rings. The van der Waals surface area contributed by atoms with Gasteiger partial charge in [-0.3, -0.25) is 14.9 Å². The molecule has 0 spiro atoms. The van der Waals surface area contributed by atoms with Gasteiger partial charge in [0.2, 0.25) is 0 Å². The normalized spacial score (nSPS) is 11.1. The molecular weight excluding hydrogens is 280 g/mol. The predicted octanol–water partition coefficient (Wildman–Crippen LogP) is 1.73. The number of hydrogen-bond donors (Lipinski definition) is 1. The molecule has 1 rings (SSSR count). The summed E-state index contributed by atoms with van der Waals surface area (Å²) in [6.45, 7) is 1.43. The molecule has 1 N–H and O–H groups in total. The number of nitrogens with zero attached hydrogens (tertiary/aromatic N) is 1. The third-order valence-electron chi connectivity index (χ3n) is 2.27. The predicted molar refractivity (Wildman–Crippen MR) is 61.4 cm³/mol. The number of benzene rings is 1. The molecule has 20 heavy (non-hydrogen) atoms. The van der Waals surface area contributed by atoms with Crippen LogP contribution in [0.5, 0.6) is 0 Å². The fourth-order valence-electron chi connectivity index (χ4n) is 1.37. The molecule has 0 unspecified atom stereocenters. The van der Waals surface area contributed by atoms with Gasteiger partial charge >= 0.3 is 6.18 Å². The number of amides is 2. The van der Waals surface area contributed by atoms with Crippen LogP contribution in [-0.4, -0.2) is 24.9 Å². The molecule has 0 aromatic heterocycles. The number of carbonyl (C=O) groups excluding carboxylic acids is 2. The van der Waals surface area contributed by atoms with Crippen molar-refractivity contribution in [1.82, 2.24) is 10.6 Å². The highest BCUT2D eigenvalue weighted by Crippen LogP contribution is 2.31. The largest absolute Gasteiger partial charge is 0.419 e. The van der Waals surface area contributed by atoms with Gasteiger partial charge in [-0.15, -0.1) is 0 Å². The zero-order valence-electron chi connectivity index (χ0n) is 10.4. The van der Waals surface area contributed by atoms with Crippen molar-refractivity contribution in [3.8, 4) is 0 Å². The number of rotatable bonds is 4. The first-order valence-electron chi connectivity index (χ1n) is 5.61. The third-order valence-corrected chi connectivity index (χ3v) is 2.27. The van der Waals surface area contributed by atoms with E-state index in [0.717, 1.165) is 6.07 Å². The van der Waals surface area contributed by atoms with E-state index in [1.807, 2.05) is 0 Å². The first-order chi connectivity index (χ1) is 9.25. The highest BCUT2D eigenvalue weighted by molar-refractivity contribution is 5.96. The van der Waals surface area contributed by atoms with Crippen LogP contribution < -0.4 is 10.6 Å². The van der Waals surface area contributed by atoms with Gasteiger partial charge in [0.25, 0.3) is 11.8 Å². The lowest BCUT2D eigenvalue weighted by Crippen LogP contribution is -2.33. The van der Waals surface area contributed by atoms with Crippen molar-refractivity contribution in [1.29, 1.82) is 0 Å². The average Bonchev–Trinajstić information content (AvgIpc) is 2.35. The quantitative estimate of drug-likeness (QED) is 0.859. The Kier molecular flexibility index (Phi) is 5.06. The number of carbonyl (C=O) groups is 2. The van der Waals surface area contributed by atoms with Crippen LogP contribution in [0.4, 0.5) is 17.6 Å². The molecule has 0 saturated carbocycles. The minimum Gasteiger partial charge on any atom is -0.343 e. The van der Waals surface area contributed by atoms with Gasteiger partial charge < -0.3 is 5.32 Å². The Hall–Kier alpha value is -2.12. The number of nitrogens with one attached hydrogen (secondary N) is 1. The highest BCUT2D eigenvalue weighted by atomic mass is 19.4. The first-order valence-corrected chi connectivity index (χ1v) is 5.61. The van der Waals surface area contributed by atoms with Crippen LogP contribution in [0.3, 0.4) is 0 Å². The van der Waals surface area contributed by atoms with Crippen molar-refractivity contribution in [3.63, 3.8) is 0 Å². The van der Waals surface area contributed by atoms with Gasteiger partial charge in [0, 0.05) is 12.1 Å². The standard InChI is InChI=1S/C12H11F4N2O2/c1-2-17-10(19)6-18-11(20)7-3-4-9(13)8(5-7)12(14,15)16/h3-5H,2,6H2,1H3,(H,18,20). The maximum absolute atomic E-state index is 13.0. The van der Waals surface area contributed by atoms with Gasteiger partial charge in [-0.2, -0.15) is 13.2 Å². The Morgan fingerprint density at radius 2 is 1.95 bits per heavy atom. The Balaban J connectivity index is 2.82. The summed E-state index contributed by atoms with van der Waals surface area (Å²) < 4.78 is 50.4. The van der Waals surface area contributed by atoms with Crippen LogP contribution in [0.15, 0.2) is 18.2 Å². The summed E-state index contributed by atoms with van der Waals surface area (Å²) in [6.07, 6.45) is -4.90. The monoisotopic (exact) mass is 291 g/mol. The third kappa shape index (κ3) is 4.22. The molecule has 109 valence electrons. The van der Waals surface area contributed by atoms with E-state index in [1.54, 1.807) is 6.92 Å². The van der Waals surface area contributed by atoms with E-state index >= 15 is 0 Å². The minimum atomic E-state index is -4.90. The molecule has 4 nitrogen and oxygen atoms in total. The van der Waals surface area contributed by atoms with Gasteiger partial charge in [0.05, 0.1) is 12.1 Å². The van der Waals surface area contributed by atoms with Crippen LogP contribution in [0.25, 0.3) is 0 Å². The molecule has 0 heterocycles. The van der Waals surface area contributed by atoms with Crippen LogP contribution in [-0.2, 0) is 11.0 Å². The summed E-state index contributed by atoms with van der Waals surface area (Å²) in [7, 11) is 0. The maximum Gasteiger partial charge on any atom is 0.419 e. The second kappa shape index (κ2) is 6.36. The van der Waals surface area contributed by atoms with Crippen LogP contribution in [0, 0.1) is 5.82 Å². The molecule has 0 fully saturated rings. The molecule has 0 saturated heterocycles. The van der Waals surface area contributed by atoms with Crippen LogP contribution in [0.1, 0.15) is 22.8 Å². The van der Waals surface area contributed by atoms with Crippen LogP contribution >= 0.6 is 0 Å². The lowest BCUT2D eigenvalue weighted by molar-refractivity contribution is -0.140. The molecule has 1 aromatic carbocycles. The summed E-state index contributed by atoms with van der Waals surface area (Å²) in [5.41, 5.74) is -1.92. The zero-order valence-corrected chi connectivity index (χ0v) is 10.4. The number of halogens is 4. The Morgan fingerprint density at radius 1 is 1.30 bits per heavy atom. The van der Waals surface area contributed by atoms with Gasteiger partial charge in [-0.25, -0.2) is 4.39 Å².